The van der Waals surface area contributed by atoms with Gasteiger partial charge in [-0.15, -0.1) is 11.3 Å². The molecule has 1 aliphatic heterocycles. The average molecular weight is 461 g/mol. The monoisotopic (exact) mass is 460 g/mol. The van der Waals surface area contributed by atoms with Crippen molar-refractivity contribution in [2.24, 2.45) is 5.92 Å². The van der Waals surface area contributed by atoms with Crippen molar-refractivity contribution in [2.75, 3.05) is 18.4 Å². The molecule has 0 aliphatic carbocycles. The van der Waals surface area contributed by atoms with Gasteiger partial charge in [0.2, 0.25) is 5.91 Å². The quantitative estimate of drug-likeness (QED) is 0.596. The number of rotatable bonds is 5. The van der Waals surface area contributed by atoms with Crippen LogP contribution in [-0.4, -0.2) is 33.9 Å². The first kappa shape index (κ1) is 19.3. The van der Waals surface area contributed by atoms with Crippen molar-refractivity contribution in [3.63, 3.8) is 0 Å². The minimum absolute atomic E-state index is 0.0267. The lowest BCUT2D eigenvalue weighted by Crippen LogP contribution is -2.37. The standard InChI is InChI=1S/C20H21BrN4O2S/c1-13-2-4-17(27-13)20-23-16(12-28-20)11-25-8-6-14(7-9-25)19(26)24-18-5-3-15(21)10-22-18/h2-5,10,12,14H,6-9,11H2,1H3,(H,22,24,26). The maximum absolute atomic E-state index is 12.5. The Morgan fingerprint density at radius 3 is 2.82 bits per heavy atom. The highest BCUT2D eigenvalue weighted by Crippen LogP contribution is 2.27. The van der Waals surface area contributed by atoms with E-state index in [0.29, 0.717) is 5.82 Å². The number of pyridine rings is 1. The molecule has 0 saturated carbocycles. The van der Waals surface area contributed by atoms with Gasteiger partial charge in [-0.3, -0.25) is 9.69 Å². The smallest absolute Gasteiger partial charge is 0.228 e. The third-order valence-electron chi connectivity index (χ3n) is 4.83. The molecule has 28 heavy (non-hydrogen) atoms. The van der Waals surface area contributed by atoms with Gasteiger partial charge in [-0.1, -0.05) is 0 Å². The van der Waals surface area contributed by atoms with Crippen molar-refractivity contribution >= 4 is 39.0 Å². The number of aryl methyl sites for hydroxylation is 1. The summed E-state index contributed by atoms with van der Waals surface area (Å²) in [7, 11) is 0. The van der Waals surface area contributed by atoms with Crippen molar-refractivity contribution in [1.82, 2.24) is 14.9 Å². The largest absolute Gasteiger partial charge is 0.459 e. The molecule has 0 radical (unpaired) electrons. The summed E-state index contributed by atoms with van der Waals surface area (Å²) in [4.78, 5) is 23.7. The molecule has 146 valence electrons. The fraction of sp³-hybridized carbons (Fsp3) is 0.350. The Hall–Kier alpha value is -2.03. The number of nitrogens with zero attached hydrogens (tertiary/aromatic N) is 3. The molecule has 3 aromatic rings. The van der Waals surface area contributed by atoms with E-state index >= 15 is 0 Å². The molecule has 0 aromatic carbocycles. The van der Waals surface area contributed by atoms with Crippen LogP contribution < -0.4 is 5.32 Å². The van der Waals surface area contributed by atoms with Gasteiger partial charge in [0, 0.05) is 28.5 Å². The highest BCUT2D eigenvalue weighted by atomic mass is 79.9. The zero-order valence-electron chi connectivity index (χ0n) is 15.5. The van der Waals surface area contributed by atoms with Gasteiger partial charge in [-0.2, -0.15) is 0 Å². The summed E-state index contributed by atoms with van der Waals surface area (Å²) in [6.45, 7) is 4.51. The lowest BCUT2D eigenvalue weighted by molar-refractivity contribution is -0.121. The summed E-state index contributed by atoms with van der Waals surface area (Å²) < 4.78 is 6.55. The van der Waals surface area contributed by atoms with E-state index in [4.69, 9.17) is 9.40 Å². The summed E-state index contributed by atoms with van der Waals surface area (Å²) in [5.41, 5.74) is 1.05. The van der Waals surface area contributed by atoms with Gasteiger partial charge >= 0.3 is 0 Å². The number of carbonyl (C=O) groups excluding carboxylic acids is 1. The first-order chi connectivity index (χ1) is 13.6. The summed E-state index contributed by atoms with van der Waals surface area (Å²) in [5.74, 6) is 2.40. The van der Waals surface area contributed by atoms with Crippen molar-refractivity contribution in [3.05, 3.63) is 51.8 Å². The molecule has 3 aromatic heterocycles. The Bertz CT molecular complexity index is 945. The molecule has 0 bridgehead atoms. The van der Waals surface area contributed by atoms with Gasteiger partial charge in [0.15, 0.2) is 10.8 Å². The highest BCUT2D eigenvalue weighted by Gasteiger charge is 2.25. The first-order valence-electron chi connectivity index (χ1n) is 9.23. The summed E-state index contributed by atoms with van der Waals surface area (Å²) in [5, 5.41) is 5.92. The Morgan fingerprint density at radius 2 is 2.14 bits per heavy atom. The van der Waals surface area contributed by atoms with Crippen LogP contribution in [-0.2, 0) is 11.3 Å². The number of aromatic nitrogens is 2. The fourth-order valence-electron chi connectivity index (χ4n) is 3.30. The second-order valence-corrected chi connectivity index (χ2v) is 8.73. The Kier molecular flexibility index (Phi) is 5.89. The maximum atomic E-state index is 12.5. The predicted molar refractivity (Wildman–Crippen MR) is 113 cm³/mol. The normalized spacial score (nSPS) is 15.6. The molecule has 1 saturated heterocycles. The van der Waals surface area contributed by atoms with Gasteiger partial charge in [-0.25, -0.2) is 9.97 Å². The molecule has 0 unspecified atom stereocenters. The van der Waals surface area contributed by atoms with E-state index in [1.54, 1.807) is 23.6 Å². The number of furan rings is 1. The van der Waals surface area contributed by atoms with E-state index in [2.05, 4.69) is 36.5 Å². The van der Waals surface area contributed by atoms with Crippen LogP contribution in [0, 0.1) is 12.8 Å². The van der Waals surface area contributed by atoms with Crippen LogP contribution in [0.4, 0.5) is 5.82 Å². The lowest BCUT2D eigenvalue weighted by atomic mass is 9.96. The summed E-state index contributed by atoms with van der Waals surface area (Å²) in [6, 6.07) is 7.59. The molecule has 4 heterocycles. The van der Waals surface area contributed by atoms with Crippen molar-refractivity contribution < 1.29 is 9.21 Å². The van der Waals surface area contributed by atoms with Crippen LogP contribution in [0.1, 0.15) is 24.3 Å². The van der Waals surface area contributed by atoms with Crippen LogP contribution >= 0.6 is 27.3 Å². The van der Waals surface area contributed by atoms with Crippen LogP contribution in [0.25, 0.3) is 10.8 Å². The van der Waals surface area contributed by atoms with Gasteiger partial charge < -0.3 is 9.73 Å². The SMILES string of the molecule is Cc1ccc(-c2nc(CN3CCC(C(=O)Nc4ccc(Br)cn4)CC3)cs2)o1. The number of carbonyl (C=O) groups is 1. The van der Waals surface area contributed by atoms with Crippen molar-refractivity contribution in [2.45, 2.75) is 26.3 Å². The Labute approximate surface area is 176 Å². The second-order valence-electron chi connectivity index (χ2n) is 6.96. The van der Waals surface area contributed by atoms with Gasteiger partial charge in [0.05, 0.1) is 5.69 Å². The third-order valence-corrected chi connectivity index (χ3v) is 6.20. The lowest BCUT2D eigenvalue weighted by Gasteiger charge is -2.30. The molecule has 1 N–H and O–H groups in total. The Morgan fingerprint density at radius 1 is 1.32 bits per heavy atom. The predicted octanol–water partition coefficient (Wildman–Crippen LogP) is 4.72. The first-order valence-corrected chi connectivity index (χ1v) is 10.9. The highest BCUT2D eigenvalue weighted by molar-refractivity contribution is 9.10. The molecule has 6 nitrogen and oxygen atoms in total. The van der Waals surface area contributed by atoms with Gasteiger partial charge in [-0.05, 0) is 73.1 Å². The zero-order valence-corrected chi connectivity index (χ0v) is 17.9. The average Bonchev–Trinajstić information content (AvgIpc) is 3.33. The minimum Gasteiger partial charge on any atom is -0.459 e. The molecule has 1 fully saturated rings. The molecule has 4 rings (SSSR count). The number of halogens is 1. The van der Waals surface area contributed by atoms with E-state index in [0.717, 1.165) is 59.2 Å². The van der Waals surface area contributed by atoms with Crippen LogP contribution in [0.5, 0.6) is 0 Å². The van der Waals surface area contributed by atoms with E-state index in [9.17, 15) is 4.79 Å². The molecule has 8 heteroatoms. The number of amides is 1. The number of likely N-dealkylation sites (tertiary alicyclic amines) is 1. The van der Waals surface area contributed by atoms with Crippen molar-refractivity contribution in [3.8, 4) is 10.8 Å². The van der Waals surface area contributed by atoms with E-state index in [1.807, 2.05) is 25.1 Å². The fourth-order valence-corrected chi connectivity index (χ4v) is 4.31. The number of anilines is 1. The molecule has 1 amide bonds. The maximum Gasteiger partial charge on any atom is 0.228 e. The number of piperidine rings is 1. The van der Waals surface area contributed by atoms with Gasteiger partial charge in [0.1, 0.15) is 11.6 Å². The minimum atomic E-state index is 0.0267. The molecule has 0 spiro atoms. The van der Waals surface area contributed by atoms with Crippen LogP contribution in [0.2, 0.25) is 0 Å². The number of hydrogen-bond acceptors (Lipinski definition) is 6. The number of nitrogens with one attached hydrogen (secondary N) is 1. The number of thiazole rings is 1. The van der Waals surface area contributed by atoms with Crippen LogP contribution in [0.15, 0.2) is 44.7 Å². The molecule has 1 aliphatic rings. The van der Waals surface area contributed by atoms with Crippen molar-refractivity contribution in [1.29, 1.82) is 0 Å². The number of hydrogen-bond donors (Lipinski definition) is 1. The summed E-state index contributed by atoms with van der Waals surface area (Å²) >= 11 is 4.95. The van der Waals surface area contributed by atoms with Gasteiger partial charge in [0.25, 0.3) is 0 Å². The van der Waals surface area contributed by atoms with Crippen LogP contribution in [0.3, 0.4) is 0 Å². The molecular weight excluding hydrogens is 440 g/mol. The second kappa shape index (κ2) is 8.55. The topological polar surface area (TPSA) is 71.3 Å². The zero-order chi connectivity index (χ0) is 19.5. The van der Waals surface area contributed by atoms with E-state index in [1.165, 1.54) is 0 Å². The van der Waals surface area contributed by atoms with E-state index in [-0.39, 0.29) is 11.8 Å². The molecular formula is C20H21BrN4O2S. The Balaban J connectivity index is 1.28. The van der Waals surface area contributed by atoms with E-state index < -0.39 is 0 Å². The molecule has 0 atom stereocenters. The summed E-state index contributed by atoms with van der Waals surface area (Å²) in [6.07, 6.45) is 3.37. The third kappa shape index (κ3) is 4.68.